The average molecular weight is 195 g/mol. The van der Waals surface area contributed by atoms with E-state index in [2.05, 4.69) is 13.8 Å². The van der Waals surface area contributed by atoms with Crippen molar-refractivity contribution >= 4 is 0 Å². The summed E-state index contributed by atoms with van der Waals surface area (Å²) in [7, 11) is 0. The van der Waals surface area contributed by atoms with Crippen LogP contribution in [0.15, 0.2) is 18.2 Å². The quantitative estimate of drug-likeness (QED) is 0.787. The summed E-state index contributed by atoms with van der Waals surface area (Å²) in [6, 6.07) is 5.05. The molecule has 0 aliphatic rings. The summed E-state index contributed by atoms with van der Waals surface area (Å²) in [5.41, 5.74) is 7.66. The molecule has 78 valence electrons. The van der Waals surface area contributed by atoms with Crippen LogP contribution in [0.25, 0.3) is 0 Å². The number of nitrogens with two attached hydrogens (primary N) is 1. The molecule has 0 amide bonds. The maximum absolute atomic E-state index is 13.3. The predicted molar refractivity (Wildman–Crippen MR) is 57.5 cm³/mol. The Morgan fingerprint density at radius 2 is 2.07 bits per heavy atom. The molecule has 0 aliphatic heterocycles. The SMILES string of the molecule is CCC(C)C(N)c1cccc(F)c1C. The molecule has 0 aromatic heterocycles. The predicted octanol–water partition coefficient (Wildman–Crippen LogP) is 3.18. The second kappa shape index (κ2) is 4.56. The molecule has 0 heterocycles. The highest BCUT2D eigenvalue weighted by Gasteiger charge is 2.16. The van der Waals surface area contributed by atoms with E-state index >= 15 is 0 Å². The Bertz CT molecular complexity index is 309. The Hall–Kier alpha value is -0.890. The van der Waals surface area contributed by atoms with Crippen molar-refractivity contribution in [2.24, 2.45) is 11.7 Å². The molecule has 1 rings (SSSR count). The van der Waals surface area contributed by atoms with E-state index in [1.807, 2.05) is 6.07 Å². The molecule has 0 fully saturated rings. The Kier molecular flexibility index (Phi) is 3.64. The summed E-state index contributed by atoms with van der Waals surface area (Å²) < 4.78 is 13.3. The van der Waals surface area contributed by atoms with E-state index in [1.54, 1.807) is 13.0 Å². The van der Waals surface area contributed by atoms with Crippen molar-refractivity contribution in [1.29, 1.82) is 0 Å². The van der Waals surface area contributed by atoms with Crippen molar-refractivity contribution in [2.45, 2.75) is 33.2 Å². The summed E-state index contributed by atoms with van der Waals surface area (Å²) in [4.78, 5) is 0. The molecule has 0 aliphatic carbocycles. The van der Waals surface area contributed by atoms with E-state index in [-0.39, 0.29) is 11.9 Å². The fourth-order valence-electron chi connectivity index (χ4n) is 1.55. The first-order chi connectivity index (χ1) is 6.57. The second-order valence-corrected chi connectivity index (χ2v) is 3.87. The van der Waals surface area contributed by atoms with Crippen molar-refractivity contribution < 1.29 is 4.39 Å². The van der Waals surface area contributed by atoms with E-state index in [1.165, 1.54) is 6.07 Å². The fourth-order valence-corrected chi connectivity index (χ4v) is 1.55. The minimum Gasteiger partial charge on any atom is -0.324 e. The van der Waals surface area contributed by atoms with Gasteiger partial charge in [-0.25, -0.2) is 4.39 Å². The van der Waals surface area contributed by atoms with Crippen molar-refractivity contribution in [3.8, 4) is 0 Å². The monoisotopic (exact) mass is 195 g/mol. The molecule has 2 unspecified atom stereocenters. The lowest BCUT2D eigenvalue weighted by Crippen LogP contribution is -2.19. The van der Waals surface area contributed by atoms with Crippen molar-refractivity contribution in [1.82, 2.24) is 0 Å². The van der Waals surface area contributed by atoms with E-state index in [0.717, 1.165) is 12.0 Å². The lowest BCUT2D eigenvalue weighted by atomic mass is 9.90. The lowest BCUT2D eigenvalue weighted by Gasteiger charge is -2.20. The van der Waals surface area contributed by atoms with Crippen LogP contribution < -0.4 is 5.73 Å². The minimum atomic E-state index is -0.166. The number of rotatable bonds is 3. The van der Waals surface area contributed by atoms with Crippen LogP contribution in [0, 0.1) is 18.7 Å². The first-order valence-corrected chi connectivity index (χ1v) is 5.08. The first-order valence-electron chi connectivity index (χ1n) is 5.08. The molecule has 14 heavy (non-hydrogen) atoms. The zero-order valence-corrected chi connectivity index (χ0v) is 9.05. The Morgan fingerprint density at radius 1 is 1.43 bits per heavy atom. The van der Waals surface area contributed by atoms with Crippen LogP contribution in [0.4, 0.5) is 4.39 Å². The largest absolute Gasteiger partial charge is 0.324 e. The molecule has 0 saturated heterocycles. The van der Waals surface area contributed by atoms with Crippen molar-refractivity contribution in [2.75, 3.05) is 0 Å². The molecule has 2 N–H and O–H groups in total. The lowest BCUT2D eigenvalue weighted by molar-refractivity contribution is 0.452. The molecular weight excluding hydrogens is 177 g/mol. The van der Waals surface area contributed by atoms with Gasteiger partial charge >= 0.3 is 0 Å². The van der Waals surface area contributed by atoms with E-state index in [4.69, 9.17) is 5.73 Å². The van der Waals surface area contributed by atoms with Gasteiger partial charge in [-0.05, 0) is 30.0 Å². The summed E-state index contributed by atoms with van der Waals surface area (Å²) in [5, 5.41) is 0. The van der Waals surface area contributed by atoms with Gasteiger partial charge in [0.1, 0.15) is 5.82 Å². The minimum absolute atomic E-state index is 0.0595. The van der Waals surface area contributed by atoms with Gasteiger partial charge in [-0.2, -0.15) is 0 Å². The number of halogens is 1. The number of hydrogen-bond acceptors (Lipinski definition) is 1. The Morgan fingerprint density at radius 3 is 2.64 bits per heavy atom. The van der Waals surface area contributed by atoms with Crippen LogP contribution >= 0.6 is 0 Å². The number of benzene rings is 1. The maximum atomic E-state index is 13.3. The van der Waals surface area contributed by atoms with Crippen molar-refractivity contribution in [3.05, 3.63) is 35.1 Å². The number of hydrogen-bond donors (Lipinski definition) is 1. The van der Waals surface area contributed by atoms with Gasteiger partial charge < -0.3 is 5.73 Å². The highest BCUT2D eigenvalue weighted by atomic mass is 19.1. The summed E-state index contributed by atoms with van der Waals surface area (Å²) in [6.45, 7) is 5.97. The molecule has 0 radical (unpaired) electrons. The molecule has 1 nitrogen and oxygen atoms in total. The standard InChI is InChI=1S/C12H18FN/c1-4-8(2)12(14)10-6-5-7-11(13)9(10)3/h5-8,12H,4,14H2,1-3H3. The summed E-state index contributed by atoms with van der Waals surface area (Å²) in [6.07, 6.45) is 1.01. The summed E-state index contributed by atoms with van der Waals surface area (Å²) in [5.74, 6) is 0.219. The van der Waals surface area contributed by atoms with Crippen LogP contribution in [0.5, 0.6) is 0 Å². The molecule has 1 aromatic rings. The third-order valence-corrected chi connectivity index (χ3v) is 2.93. The summed E-state index contributed by atoms with van der Waals surface area (Å²) >= 11 is 0. The van der Waals surface area contributed by atoms with Gasteiger partial charge in [-0.3, -0.25) is 0 Å². The zero-order chi connectivity index (χ0) is 10.7. The van der Waals surface area contributed by atoms with Crippen molar-refractivity contribution in [3.63, 3.8) is 0 Å². The average Bonchev–Trinajstić information content (AvgIpc) is 2.20. The van der Waals surface area contributed by atoms with Crippen LogP contribution in [-0.2, 0) is 0 Å². The molecular formula is C12H18FN. The van der Waals surface area contributed by atoms with Crippen LogP contribution in [0.1, 0.15) is 37.4 Å². The van der Waals surface area contributed by atoms with E-state index in [0.29, 0.717) is 11.5 Å². The van der Waals surface area contributed by atoms with Crippen LogP contribution in [0.3, 0.4) is 0 Å². The van der Waals surface area contributed by atoms with Gasteiger partial charge in [0.2, 0.25) is 0 Å². The second-order valence-electron chi connectivity index (χ2n) is 3.87. The Balaban J connectivity index is 3.01. The first kappa shape index (κ1) is 11.2. The van der Waals surface area contributed by atoms with Gasteiger partial charge in [0.25, 0.3) is 0 Å². The third-order valence-electron chi connectivity index (χ3n) is 2.93. The normalized spacial score (nSPS) is 15.2. The van der Waals surface area contributed by atoms with E-state index < -0.39 is 0 Å². The van der Waals surface area contributed by atoms with Gasteiger partial charge in [0, 0.05) is 6.04 Å². The maximum Gasteiger partial charge on any atom is 0.126 e. The highest BCUT2D eigenvalue weighted by molar-refractivity contribution is 5.30. The molecule has 0 saturated carbocycles. The smallest absolute Gasteiger partial charge is 0.126 e. The van der Waals surface area contributed by atoms with Gasteiger partial charge in [-0.1, -0.05) is 32.4 Å². The van der Waals surface area contributed by atoms with Gasteiger partial charge in [0.15, 0.2) is 0 Å². The molecule has 1 aromatic carbocycles. The third kappa shape index (κ3) is 2.13. The Labute approximate surface area is 85.1 Å². The van der Waals surface area contributed by atoms with Crippen LogP contribution in [-0.4, -0.2) is 0 Å². The molecule has 2 heteroatoms. The van der Waals surface area contributed by atoms with Crippen LogP contribution in [0.2, 0.25) is 0 Å². The highest BCUT2D eigenvalue weighted by Crippen LogP contribution is 2.25. The topological polar surface area (TPSA) is 26.0 Å². The molecule has 0 bridgehead atoms. The van der Waals surface area contributed by atoms with Gasteiger partial charge in [0.05, 0.1) is 0 Å². The molecule has 0 spiro atoms. The fraction of sp³-hybridized carbons (Fsp3) is 0.500. The van der Waals surface area contributed by atoms with Gasteiger partial charge in [-0.15, -0.1) is 0 Å². The van der Waals surface area contributed by atoms with E-state index in [9.17, 15) is 4.39 Å². The molecule has 2 atom stereocenters. The zero-order valence-electron chi connectivity index (χ0n) is 9.05.